The van der Waals surface area contributed by atoms with Crippen molar-refractivity contribution >= 4 is 23.4 Å². The summed E-state index contributed by atoms with van der Waals surface area (Å²) in [5, 5.41) is 5.26. The average Bonchev–Trinajstić information content (AvgIpc) is 2.34. The number of hydrogen-bond donors (Lipinski definition) is 1. The Bertz CT molecular complexity index is 320. The van der Waals surface area contributed by atoms with E-state index in [2.05, 4.69) is 24.1 Å². The lowest BCUT2D eigenvalue weighted by atomic mass is 10.2. The molecule has 0 saturated heterocycles. The van der Waals surface area contributed by atoms with Crippen LogP contribution in [0, 0.1) is 0 Å². The maximum Gasteiger partial charge on any atom is 0.115 e. The number of nitrogens with one attached hydrogen (secondary N) is 1. The molecule has 1 aromatic rings. The first kappa shape index (κ1) is 14.8. The van der Waals surface area contributed by atoms with Gasteiger partial charge in [-0.15, -0.1) is 11.8 Å². The minimum absolute atomic E-state index is 0.558. The number of aromatic nitrogens is 1. The molecule has 0 aliphatic rings. The zero-order valence-corrected chi connectivity index (χ0v) is 12.2. The molecule has 0 aromatic carbocycles. The molecule has 4 heteroatoms. The summed E-state index contributed by atoms with van der Waals surface area (Å²) >= 11 is 7.83. The minimum atomic E-state index is 0.558. The molecule has 2 nitrogen and oxygen atoms in total. The lowest BCUT2D eigenvalue weighted by Gasteiger charge is -2.17. The van der Waals surface area contributed by atoms with Crippen LogP contribution in [-0.2, 0) is 0 Å². The molecule has 1 N–H and O–H groups in total. The van der Waals surface area contributed by atoms with Crippen molar-refractivity contribution in [3.63, 3.8) is 0 Å². The molecule has 1 aromatic heterocycles. The van der Waals surface area contributed by atoms with Gasteiger partial charge in [-0.05, 0) is 31.5 Å². The summed E-state index contributed by atoms with van der Waals surface area (Å²) < 4.78 is 0. The number of pyridine rings is 1. The third-order valence-corrected chi connectivity index (χ3v) is 4.05. The van der Waals surface area contributed by atoms with E-state index >= 15 is 0 Å². The van der Waals surface area contributed by atoms with Crippen molar-refractivity contribution in [2.24, 2.45) is 0 Å². The van der Waals surface area contributed by atoms with Crippen LogP contribution < -0.4 is 5.32 Å². The van der Waals surface area contributed by atoms with E-state index in [-0.39, 0.29) is 0 Å². The molecule has 0 saturated carbocycles. The SMILES string of the molecule is CCCNC(CCC)CSc1ncccc1Cl. The van der Waals surface area contributed by atoms with E-state index in [4.69, 9.17) is 11.6 Å². The second-order valence-electron chi connectivity index (χ2n) is 4.04. The average molecular weight is 273 g/mol. The van der Waals surface area contributed by atoms with Gasteiger partial charge in [0.15, 0.2) is 0 Å². The van der Waals surface area contributed by atoms with E-state index in [1.165, 1.54) is 19.3 Å². The Morgan fingerprint density at radius 2 is 2.24 bits per heavy atom. The first-order valence-electron chi connectivity index (χ1n) is 6.24. The summed E-state index contributed by atoms with van der Waals surface area (Å²) in [5.41, 5.74) is 0. The molecular weight excluding hydrogens is 252 g/mol. The van der Waals surface area contributed by atoms with Crippen molar-refractivity contribution in [3.8, 4) is 0 Å². The van der Waals surface area contributed by atoms with Gasteiger partial charge in [-0.2, -0.15) is 0 Å². The van der Waals surface area contributed by atoms with Crippen molar-refractivity contribution < 1.29 is 0 Å². The van der Waals surface area contributed by atoms with E-state index < -0.39 is 0 Å². The fourth-order valence-electron chi connectivity index (χ4n) is 1.60. The van der Waals surface area contributed by atoms with Gasteiger partial charge in [-0.3, -0.25) is 0 Å². The molecule has 96 valence electrons. The van der Waals surface area contributed by atoms with E-state index in [0.717, 1.165) is 22.3 Å². The van der Waals surface area contributed by atoms with Gasteiger partial charge < -0.3 is 5.32 Å². The second kappa shape index (κ2) is 8.78. The summed E-state index contributed by atoms with van der Waals surface area (Å²) in [5.74, 6) is 1.03. The third-order valence-electron chi connectivity index (χ3n) is 2.47. The quantitative estimate of drug-likeness (QED) is 0.724. The topological polar surface area (TPSA) is 24.9 Å². The summed E-state index contributed by atoms with van der Waals surface area (Å²) in [6.45, 7) is 5.50. The summed E-state index contributed by atoms with van der Waals surface area (Å²) in [7, 11) is 0. The normalized spacial score (nSPS) is 12.6. The van der Waals surface area contributed by atoms with Crippen molar-refractivity contribution in [2.45, 2.75) is 44.2 Å². The zero-order chi connectivity index (χ0) is 12.5. The van der Waals surface area contributed by atoms with Crippen LogP contribution >= 0.6 is 23.4 Å². The van der Waals surface area contributed by atoms with Crippen LogP contribution in [0.2, 0.25) is 5.02 Å². The predicted octanol–water partition coefficient (Wildman–Crippen LogP) is 4.00. The van der Waals surface area contributed by atoms with Crippen LogP contribution in [0.25, 0.3) is 0 Å². The molecule has 1 unspecified atom stereocenters. The van der Waals surface area contributed by atoms with Crippen molar-refractivity contribution in [1.29, 1.82) is 0 Å². The van der Waals surface area contributed by atoms with Gasteiger partial charge in [0.1, 0.15) is 5.03 Å². The fourth-order valence-corrected chi connectivity index (χ4v) is 2.87. The largest absolute Gasteiger partial charge is 0.313 e. The number of halogens is 1. The highest BCUT2D eigenvalue weighted by molar-refractivity contribution is 7.99. The molecule has 1 heterocycles. The van der Waals surface area contributed by atoms with Crippen molar-refractivity contribution in [1.82, 2.24) is 10.3 Å². The Balaban J connectivity index is 2.42. The first-order valence-corrected chi connectivity index (χ1v) is 7.61. The molecule has 0 bridgehead atoms. The van der Waals surface area contributed by atoms with Gasteiger partial charge >= 0.3 is 0 Å². The maximum atomic E-state index is 6.09. The molecule has 0 fully saturated rings. The van der Waals surface area contributed by atoms with Crippen LogP contribution in [-0.4, -0.2) is 23.3 Å². The highest BCUT2D eigenvalue weighted by atomic mass is 35.5. The smallest absolute Gasteiger partial charge is 0.115 e. The van der Waals surface area contributed by atoms with Crippen LogP contribution in [0.3, 0.4) is 0 Å². The monoisotopic (exact) mass is 272 g/mol. The lowest BCUT2D eigenvalue weighted by Crippen LogP contribution is -2.31. The first-order chi connectivity index (χ1) is 8.27. The number of nitrogens with zero attached hydrogens (tertiary/aromatic N) is 1. The van der Waals surface area contributed by atoms with Crippen LogP contribution in [0.1, 0.15) is 33.1 Å². The molecule has 0 amide bonds. The Morgan fingerprint density at radius 1 is 1.41 bits per heavy atom. The summed E-state index contributed by atoms with van der Waals surface area (Å²) in [6.07, 6.45) is 5.38. The minimum Gasteiger partial charge on any atom is -0.313 e. The van der Waals surface area contributed by atoms with Gasteiger partial charge in [0.05, 0.1) is 5.02 Å². The fraction of sp³-hybridized carbons (Fsp3) is 0.615. The van der Waals surface area contributed by atoms with Crippen molar-refractivity contribution in [3.05, 3.63) is 23.4 Å². The van der Waals surface area contributed by atoms with Crippen LogP contribution in [0.5, 0.6) is 0 Å². The summed E-state index contributed by atoms with van der Waals surface area (Å²) in [4.78, 5) is 4.29. The molecule has 17 heavy (non-hydrogen) atoms. The molecule has 1 rings (SSSR count). The van der Waals surface area contributed by atoms with Crippen molar-refractivity contribution in [2.75, 3.05) is 12.3 Å². The van der Waals surface area contributed by atoms with Gasteiger partial charge in [0.25, 0.3) is 0 Å². The molecule has 0 aliphatic carbocycles. The van der Waals surface area contributed by atoms with E-state index in [0.29, 0.717) is 6.04 Å². The highest BCUT2D eigenvalue weighted by Crippen LogP contribution is 2.25. The number of hydrogen-bond acceptors (Lipinski definition) is 3. The number of thioether (sulfide) groups is 1. The molecule has 0 aliphatic heterocycles. The molecular formula is C13H21ClN2S. The van der Waals surface area contributed by atoms with Gasteiger partial charge in [0, 0.05) is 18.0 Å². The second-order valence-corrected chi connectivity index (χ2v) is 5.46. The van der Waals surface area contributed by atoms with Gasteiger partial charge in [0.2, 0.25) is 0 Å². The third kappa shape index (κ3) is 5.75. The van der Waals surface area contributed by atoms with E-state index in [9.17, 15) is 0 Å². The zero-order valence-electron chi connectivity index (χ0n) is 10.6. The Morgan fingerprint density at radius 3 is 2.88 bits per heavy atom. The van der Waals surface area contributed by atoms with Crippen LogP contribution in [0.4, 0.5) is 0 Å². The number of rotatable bonds is 8. The van der Waals surface area contributed by atoms with Gasteiger partial charge in [-0.1, -0.05) is 31.9 Å². The van der Waals surface area contributed by atoms with E-state index in [1.807, 2.05) is 12.1 Å². The molecule has 0 spiro atoms. The Labute approximate surface area is 114 Å². The Kier molecular flexibility index (Phi) is 7.65. The Hall–Kier alpha value is -0.250. The highest BCUT2D eigenvalue weighted by Gasteiger charge is 2.09. The standard InChI is InChI=1S/C13H21ClN2S/c1-3-6-11(15-8-4-2)10-17-13-12(14)7-5-9-16-13/h5,7,9,11,15H,3-4,6,8,10H2,1-2H3. The molecule has 0 radical (unpaired) electrons. The summed E-state index contributed by atoms with van der Waals surface area (Å²) in [6, 6.07) is 4.32. The maximum absolute atomic E-state index is 6.09. The predicted molar refractivity (Wildman–Crippen MR) is 77.0 cm³/mol. The van der Waals surface area contributed by atoms with Gasteiger partial charge in [-0.25, -0.2) is 4.98 Å². The van der Waals surface area contributed by atoms with E-state index in [1.54, 1.807) is 18.0 Å². The lowest BCUT2D eigenvalue weighted by molar-refractivity contribution is 0.514. The molecule has 1 atom stereocenters. The van der Waals surface area contributed by atoms with Crippen LogP contribution in [0.15, 0.2) is 23.4 Å².